The molecular formula is C86H110B2Br2N14. The summed E-state index contributed by atoms with van der Waals surface area (Å²) in [5.41, 5.74) is 22.0. The van der Waals surface area contributed by atoms with Gasteiger partial charge in [0.25, 0.3) is 0 Å². The third-order valence-corrected chi connectivity index (χ3v) is 17.2. The summed E-state index contributed by atoms with van der Waals surface area (Å²) in [4.78, 5) is 0. The second-order valence-electron chi connectivity index (χ2n) is 26.6. The predicted octanol–water partition coefficient (Wildman–Crippen LogP) is 12.0. The maximum Gasteiger partial charge on any atom is 0.547 e. The zero-order valence-corrected chi connectivity index (χ0v) is 69.8. The van der Waals surface area contributed by atoms with Crippen LogP contribution in [0.15, 0.2) is 146 Å². The molecule has 104 heavy (non-hydrogen) atoms. The molecule has 0 atom stereocenters. The Labute approximate surface area is 646 Å². The van der Waals surface area contributed by atoms with Crippen molar-refractivity contribution in [2.24, 2.45) is 0 Å². The van der Waals surface area contributed by atoms with Crippen molar-refractivity contribution in [2.75, 3.05) is 0 Å². The van der Waals surface area contributed by atoms with Crippen LogP contribution in [0.3, 0.4) is 0 Å². The van der Waals surface area contributed by atoms with Crippen LogP contribution in [0.1, 0.15) is 272 Å². The van der Waals surface area contributed by atoms with E-state index >= 15 is 0 Å². The standard InChI is InChI=1S/C70H86B2N6.8C2H3N.2BrH/c1-19-73-71(69-75(65-53(45(3)4)29-25-30-54(65)46(5)6)41-42-76(69)66-55(47(7)8)31-26-32-56(66)48(9)10)61-37-21-23-39-63(61)72(74-20-2,64-40-24-22-38-62(64)71)70-77(67-57(49(11)12)33-27-34-58(67)50(13)14)43-44-78(70)68-59(51(15)16)35-28-36-60(68)52(17)18;8*1-2-3;;/h21-52H,1-18H3;8*1H3;2*1H/q+2;;;;;;;;;;/p-2. The van der Waals surface area contributed by atoms with E-state index in [0.29, 0.717) is 0 Å². The Morgan fingerprint density at radius 2 is 0.462 bits per heavy atom. The first-order chi connectivity index (χ1) is 48.6. The fraction of sp³-hybridized carbons (Fsp3) is 0.395. The van der Waals surface area contributed by atoms with Crippen LogP contribution in [-0.2, 0) is 0 Å². The highest BCUT2D eigenvalue weighted by atomic mass is 79.9. The van der Waals surface area contributed by atoms with Crippen molar-refractivity contribution in [2.45, 2.75) is 227 Å². The van der Waals surface area contributed by atoms with E-state index in [4.69, 9.17) is 51.6 Å². The third-order valence-electron chi connectivity index (χ3n) is 17.2. The zero-order valence-electron chi connectivity index (χ0n) is 66.6. The number of imidazole rings is 2. The first-order valence-corrected chi connectivity index (χ1v) is 35.2. The minimum absolute atomic E-state index is 0. The Bertz CT molecular complexity index is 3850. The molecule has 1 aliphatic heterocycles. The molecule has 0 saturated carbocycles. The lowest BCUT2D eigenvalue weighted by molar-refractivity contribution is -0.577. The fourth-order valence-electron chi connectivity index (χ4n) is 13.7. The summed E-state index contributed by atoms with van der Waals surface area (Å²) in [6.07, 6.45) is 4.75. The van der Waals surface area contributed by atoms with E-state index in [0.717, 1.165) is 33.3 Å². The molecule has 544 valence electrons. The predicted molar refractivity (Wildman–Crippen MR) is 426 cm³/mol. The van der Waals surface area contributed by atoms with E-state index in [9.17, 15) is 0 Å². The molecule has 3 heterocycles. The molecule has 0 radical (unpaired) electrons. The number of para-hydroxylation sites is 4. The lowest BCUT2D eigenvalue weighted by Crippen LogP contribution is -3.00. The number of nitriles is 8. The van der Waals surface area contributed by atoms with Gasteiger partial charge in [0.15, 0.2) is 12.1 Å². The van der Waals surface area contributed by atoms with Gasteiger partial charge < -0.3 is 43.5 Å². The zero-order chi connectivity index (χ0) is 77.8. The van der Waals surface area contributed by atoms with Crippen LogP contribution in [0.25, 0.3) is 32.3 Å². The van der Waals surface area contributed by atoms with E-state index in [1.165, 1.54) is 123 Å². The van der Waals surface area contributed by atoms with Crippen molar-refractivity contribution in [1.82, 2.24) is 9.13 Å². The highest BCUT2D eigenvalue weighted by Gasteiger charge is 2.68. The Hall–Kier alpha value is -10.3. The lowest BCUT2D eigenvalue weighted by Gasteiger charge is -2.40. The summed E-state index contributed by atoms with van der Waals surface area (Å²) in [5.74, 6) is 1.96. The summed E-state index contributed by atoms with van der Waals surface area (Å²) in [7, 11) is 0. The Morgan fingerprint density at radius 1 is 0.288 bits per heavy atom. The first-order valence-electron chi connectivity index (χ1n) is 35.2. The summed E-state index contributed by atoms with van der Waals surface area (Å²) < 4.78 is 22.3. The molecule has 0 fully saturated rings. The van der Waals surface area contributed by atoms with E-state index in [2.05, 4.69) is 287 Å². The van der Waals surface area contributed by atoms with Crippen LogP contribution >= 0.6 is 0 Å². The van der Waals surface area contributed by atoms with Gasteiger partial charge >= 0.3 is 12.6 Å². The van der Waals surface area contributed by atoms with Crippen molar-refractivity contribution in [1.29, 1.82) is 42.1 Å². The minimum atomic E-state index is -2.32. The van der Waals surface area contributed by atoms with Crippen LogP contribution in [-0.4, -0.2) is 21.7 Å². The molecular weight excluding hydrogens is 1410 g/mol. The van der Waals surface area contributed by atoms with Gasteiger partial charge in [-0.3, -0.25) is 0 Å². The number of fused-ring (bicyclic) bond motifs is 2. The monoisotopic (exact) mass is 1520 g/mol. The van der Waals surface area contributed by atoms with Gasteiger partial charge in [-0.2, -0.15) is 42.1 Å². The van der Waals surface area contributed by atoms with E-state index in [1.807, 2.05) is 13.8 Å². The van der Waals surface area contributed by atoms with Crippen LogP contribution in [0.2, 0.25) is 0 Å². The second kappa shape index (κ2) is 47.8. The third kappa shape index (κ3) is 21.9. The Balaban J connectivity index is 0. The maximum absolute atomic E-state index is 7.32. The average Bonchev–Trinajstić information content (AvgIpc) is 1.14. The van der Waals surface area contributed by atoms with Crippen LogP contribution in [0.4, 0.5) is 0 Å². The number of halogens is 2. The quantitative estimate of drug-likeness (QED) is 0.0752. The normalized spacial score (nSPS) is 12.7. The number of hydrogen-bond acceptors (Lipinski definition) is 8. The van der Waals surface area contributed by atoms with E-state index in [1.54, 1.807) is 48.6 Å². The number of hydrogen-bond donors (Lipinski definition) is 0. The first kappa shape index (κ1) is 95.8. The lowest BCUT2D eigenvalue weighted by atomic mass is 9.12. The van der Waals surface area contributed by atoms with Gasteiger partial charge in [0.05, 0.1) is 62.4 Å². The molecule has 14 nitrogen and oxygen atoms in total. The molecule has 8 aromatic rings. The molecule has 0 amide bonds. The van der Waals surface area contributed by atoms with Crippen LogP contribution < -0.4 is 76.4 Å². The number of benzene rings is 6. The van der Waals surface area contributed by atoms with Gasteiger partial charge in [-0.25, -0.2) is 18.3 Å². The van der Waals surface area contributed by atoms with Gasteiger partial charge in [-0.1, -0.05) is 232 Å². The summed E-state index contributed by atoms with van der Waals surface area (Å²) in [6.45, 7) is 52.8. The smallest absolute Gasteiger partial charge is 0.547 e. The highest BCUT2D eigenvalue weighted by molar-refractivity contribution is 7.26. The molecule has 18 heteroatoms. The SMILES string of the molecule is CC#N.CC#N.CC#N.CC#N.CC#N.CC#N.CC#N.CC#N.CC#[N+][B-]1(c2n(-c3c(C(C)C)cccc3C(C)C)cc[n+]2-c2c(C(C)C)cccc2C(C)C)c2ccccc2[B-]([N+]#CC)(c2n(-c3c(C(C)C)cccc3C(C)C)cc[n+]2-c2c(C(C)C)cccc2C(C)C)c2ccccc21.[Br-].[Br-]. The molecule has 0 N–H and O–H groups in total. The molecule has 0 bridgehead atoms. The molecule has 2 aromatic heterocycles. The molecule has 0 aliphatic carbocycles. The number of rotatable bonds is 14. The summed E-state index contributed by atoms with van der Waals surface area (Å²) >= 11 is 0. The second-order valence-corrected chi connectivity index (χ2v) is 26.6. The largest absolute Gasteiger partial charge is 1.00 e. The molecule has 1 aliphatic rings. The van der Waals surface area contributed by atoms with Crippen molar-refractivity contribution in [3.8, 4) is 83.4 Å². The van der Waals surface area contributed by atoms with Gasteiger partial charge in [-0.05, 0) is 47.3 Å². The Morgan fingerprint density at radius 3 is 0.625 bits per heavy atom. The Kier molecular flexibility index (Phi) is 44.0. The van der Waals surface area contributed by atoms with Crippen LogP contribution in [0, 0.1) is 103 Å². The van der Waals surface area contributed by atoms with Crippen molar-refractivity contribution in [3.05, 3.63) is 200 Å². The van der Waals surface area contributed by atoms with Crippen molar-refractivity contribution >= 4 is 45.9 Å². The van der Waals surface area contributed by atoms with Gasteiger partial charge in [0.2, 0.25) is 11.4 Å². The summed E-state index contributed by atoms with van der Waals surface area (Å²) in [6, 6.07) is 67.4. The fourth-order valence-corrected chi connectivity index (χ4v) is 13.7. The van der Waals surface area contributed by atoms with Crippen molar-refractivity contribution < 1.29 is 43.1 Å². The molecule has 0 spiro atoms. The van der Waals surface area contributed by atoms with Gasteiger partial charge in [0, 0.05) is 99.9 Å². The number of nitrogens with zero attached hydrogens (tertiary/aromatic N) is 14. The molecule has 0 saturated heterocycles. The average molecular weight is 1520 g/mol. The van der Waals surface area contributed by atoms with Gasteiger partial charge in [-0.15, -0.1) is 21.9 Å². The van der Waals surface area contributed by atoms with Crippen molar-refractivity contribution in [3.63, 3.8) is 0 Å². The molecule has 9 rings (SSSR count). The highest BCUT2D eigenvalue weighted by Crippen LogP contribution is 2.36. The number of aromatic nitrogens is 4. The minimum Gasteiger partial charge on any atom is -1.00 e. The van der Waals surface area contributed by atoms with Crippen LogP contribution in [0.5, 0.6) is 0 Å². The maximum atomic E-state index is 7.32. The molecule has 6 aromatic carbocycles. The topological polar surface area (TPSA) is 217 Å². The van der Waals surface area contributed by atoms with E-state index < -0.39 is 12.6 Å². The summed E-state index contributed by atoms with van der Waals surface area (Å²) in [5, 5.41) is 58.6. The van der Waals surface area contributed by atoms with Gasteiger partial charge in [0.1, 0.15) is 47.5 Å². The van der Waals surface area contributed by atoms with E-state index in [-0.39, 0.29) is 81.3 Å². The molecule has 0 unspecified atom stereocenters.